The van der Waals surface area contributed by atoms with Gasteiger partial charge in [0.2, 0.25) is 6.71 Å². The number of benzene rings is 6. The van der Waals surface area contributed by atoms with Crippen LogP contribution in [0.3, 0.4) is 0 Å². The Morgan fingerprint density at radius 3 is 2.13 bits per heavy atom. The molecular weight excluding hydrogens is 935 g/mol. The molecule has 0 fully saturated rings. The van der Waals surface area contributed by atoms with Crippen molar-refractivity contribution in [1.29, 1.82) is 0 Å². The van der Waals surface area contributed by atoms with Gasteiger partial charge < -0.3 is 9.30 Å². The van der Waals surface area contributed by atoms with Crippen LogP contribution in [0.25, 0.3) is 59.7 Å². The minimum absolute atomic E-state index is 0. The monoisotopic (exact) mass is 979 g/mol. The summed E-state index contributed by atoms with van der Waals surface area (Å²) in [6, 6.07) is 48.2. The van der Waals surface area contributed by atoms with Crippen LogP contribution in [0.1, 0.15) is 77.0 Å². The Hall–Kier alpha value is -5.36. The summed E-state index contributed by atoms with van der Waals surface area (Å²) >= 11 is 1.74. The predicted octanol–water partition coefficient (Wildman–Crippen LogP) is 11.6. The Bertz CT molecular complexity index is 3060. The van der Waals surface area contributed by atoms with Crippen LogP contribution < -0.4 is 21.1 Å². The molecule has 0 N–H and O–H groups in total. The van der Waals surface area contributed by atoms with Crippen molar-refractivity contribution in [3.63, 3.8) is 0 Å². The van der Waals surface area contributed by atoms with Crippen molar-refractivity contribution in [3.05, 3.63) is 150 Å². The van der Waals surface area contributed by atoms with Gasteiger partial charge in [-0.2, -0.15) is 0 Å². The molecule has 0 bridgehead atoms. The van der Waals surface area contributed by atoms with Gasteiger partial charge in [0, 0.05) is 37.7 Å². The van der Waals surface area contributed by atoms with Gasteiger partial charge in [-0.25, -0.2) is 4.98 Å². The van der Waals surface area contributed by atoms with Gasteiger partial charge >= 0.3 is 21.1 Å². The molecule has 60 heavy (non-hydrogen) atoms. The van der Waals surface area contributed by atoms with Crippen molar-refractivity contribution in [2.45, 2.75) is 66.7 Å². The average molecular weight is 980 g/mol. The van der Waals surface area contributed by atoms with Crippen LogP contribution in [0.4, 0.5) is 0 Å². The first-order valence-corrected chi connectivity index (χ1v) is 21.5. The van der Waals surface area contributed by atoms with Crippen LogP contribution in [0.15, 0.2) is 122 Å². The first-order valence-electron chi connectivity index (χ1n) is 20.6. The molecule has 1 aliphatic heterocycles. The second-order valence-corrected chi connectivity index (χ2v) is 18.7. The molecule has 8 heteroatoms. The predicted molar refractivity (Wildman–Crippen MR) is 247 cm³/mol. The number of aromatic nitrogens is 4. The fourth-order valence-electron chi connectivity index (χ4n) is 9.09. The number of para-hydroxylation sites is 2. The van der Waals surface area contributed by atoms with Gasteiger partial charge in [-0.1, -0.05) is 127 Å². The standard InChI is InChI=1S/C52H45BN4OS.Pt/c1-31(2)38-18-12-19-39(32(3)4)46(38)53-41-20-8-9-23-44(41)57-49-42(53)21-13-22-43(49)56-51(57)35-15-11-17-37(28-35)58-36-16-10-14-34(27-36)47-50-48(55-30-54-47)40-25-24-33(26-45(40)59-50)29-52(5,6)7;/h8-26,30-32H,29H2,1-7H3;/q-2;+2. The van der Waals surface area contributed by atoms with Crippen LogP contribution in [0, 0.1) is 17.5 Å². The summed E-state index contributed by atoms with van der Waals surface area (Å²) in [6.45, 7) is 16.1. The molecule has 6 aromatic carbocycles. The van der Waals surface area contributed by atoms with Crippen LogP contribution in [0.2, 0.25) is 0 Å². The van der Waals surface area contributed by atoms with Crippen molar-refractivity contribution in [3.8, 4) is 39.8 Å². The molecule has 0 unspecified atom stereocenters. The van der Waals surface area contributed by atoms with Gasteiger partial charge in [0.1, 0.15) is 6.33 Å². The topological polar surface area (TPSA) is 52.8 Å². The van der Waals surface area contributed by atoms with E-state index in [-0.39, 0.29) is 33.2 Å². The summed E-state index contributed by atoms with van der Waals surface area (Å²) in [5, 5.41) is 1.15. The van der Waals surface area contributed by atoms with Gasteiger partial charge in [0.15, 0.2) is 0 Å². The second-order valence-electron chi connectivity index (χ2n) is 17.7. The zero-order valence-corrected chi connectivity index (χ0v) is 38.0. The van der Waals surface area contributed by atoms with Gasteiger partial charge in [-0.05, 0) is 69.5 Å². The van der Waals surface area contributed by atoms with E-state index >= 15 is 0 Å². The SMILES string of the molecule is CC(C)c1cccc(C(C)C)c1B1c2ccccc2-n2c(-c3[c-]c(Oc4[c-]c(-c5ncnc6c5sc5cc(CC(C)(C)C)ccc56)ccc4)ccc3)nc3cccc1c32.[Pt+2]. The van der Waals surface area contributed by atoms with Gasteiger partial charge in [0.05, 0.1) is 22.4 Å². The molecule has 0 atom stereocenters. The molecule has 1 aliphatic rings. The smallest absolute Gasteiger partial charge is 0.497 e. The van der Waals surface area contributed by atoms with E-state index in [9.17, 15) is 0 Å². The molecule has 0 saturated carbocycles. The normalized spacial score (nSPS) is 12.4. The maximum atomic E-state index is 6.55. The molecule has 0 spiro atoms. The van der Waals surface area contributed by atoms with Crippen LogP contribution >= 0.6 is 11.3 Å². The minimum atomic E-state index is 0. The third kappa shape index (κ3) is 7.00. The molecule has 9 aromatic rings. The van der Waals surface area contributed by atoms with E-state index in [2.05, 4.69) is 150 Å². The van der Waals surface area contributed by atoms with Crippen LogP contribution in [0.5, 0.6) is 11.5 Å². The molecule has 5 nitrogen and oxygen atoms in total. The molecule has 10 rings (SSSR count). The molecule has 3 aromatic heterocycles. The van der Waals surface area contributed by atoms with E-state index in [1.54, 1.807) is 17.7 Å². The molecule has 4 heterocycles. The van der Waals surface area contributed by atoms with E-state index in [4.69, 9.17) is 19.7 Å². The average Bonchev–Trinajstić information content (AvgIpc) is 3.80. The maximum absolute atomic E-state index is 6.55. The number of fused-ring (bicyclic) bond motifs is 5. The summed E-state index contributed by atoms with van der Waals surface area (Å²) < 4.78 is 11.2. The summed E-state index contributed by atoms with van der Waals surface area (Å²) in [7, 11) is 0. The first kappa shape index (κ1) is 40.1. The summed E-state index contributed by atoms with van der Waals surface area (Å²) in [4.78, 5) is 14.8. The Labute approximate surface area is 371 Å². The van der Waals surface area contributed by atoms with Crippen molar-refractivity contribution in [2.75, 3.05) is 0 Å². The van der Waals surface area contributed by atoms with Crippen LogP contribution in [-0.4, -0.2) is 26.2 Å². The van der Waals surface area contributed by atoms with Crippen LogP contribution in [-0.2, 0) is 27.5 Å². The van der Waals surface area contributed by atoms with E-state index in [0.29, 0.717) is 23.3 Å². The third-order valence-corrected chi connectivity index (χ3v) is 12.7. The number of imidazole rings is 1. The van der Waals surface area contributed by atoms with Crippen molar-refractivity contribution in [1.82, 2.24) is 19.5 Å². The molecule has 0 saturated heterocycles. The molecule has 298 valence electrons. The van der Waals surface area contributed by atoms with E-state index in [1.165, 1.54) is 37.8 Å². The minimum Gasteiger partial charge on any atom is -0.497 e. The fraction of sp³-hybridized carbons (Fsp3) is 0.212. The summed E-state index contributed by atoms with van der Waals surface area (Å²) in [5.74, 6) is 2.79. The first-order chi connectivity index (χ1) is 28.5. The summed E-state index contributed by atoms with van der Waals surface area (Å²) in [5.41, 5.74) is 15.1. The zero-order chi connectivity index (χ0) is 40.6. The quantitative estimate of drug-likeness (QED) is 0.112. The molecule has 0 amide bonds. The Balaban J connectivity index is 0.00000462. The van der Waals surface area contributed by atoms with Crippen molar-refractivity contribution >= 4 is 65.8 Å². The Morgan fingerprint density at radius 2 is 1.40 bits per heavy atom. The van der Waals surface area contributed by atoms with Gasteiger partial charge in [-0.15, -0.1) is 58.9 Å². The number of rotatable bonds is 8. The van der Waals surface area contributed by atoms with Gasteiger partial charge in [0.25, 0.3) is 0 Å². The van der Waals surface area contributed by atoms with E-state index in [0.717, 1.165) is 61.4 Å². The fourth-order valence-corrected chi connectivity index (χ4v) is 10.3. The molecular formula is C52H45BN4OPtS. The number of nitrogens with zero attached hydrogens (tertiary/aromatic N) is 4. The Kier molecular flexibility index (Phi) is 10.4. The van der Waals surface area contributed by atoms with E-state index < -0.39 is 0 Å². The molecule has 0 aliphatic carbocycles. The summed E-state index contributed by atoms with van der Waals surface area (Å²) in [6.07, 6.45) is 2.67. The van der Waals surface area contributed by atoms with Crippen molar-refractivity contribution in [2.24, 2.45) is 5.41 Å². The zero-order valence-electron chi connectivity index (χ0n) is 34.9. The number of ether oxygens (including phenoxy) is 1. The van der Waals surface area contributed by atoms with E-state index in [1.807, 2.05) is 30.3 Å². The number of hydrogen-bond acceptors (Lipinski definition) is 5. The largest absolute Gasteiger partial charge is 2.00 e. The van der Waals surface area contributed by atoms with Gasteiger partial charge in [-0.3, -0.25) is 9.97 Å². The van der Waals surface area contributed by atoms with Crippen molar-refractivity contribution < 1.29 is 25.8 Å². The Morgan fingerprint density at radius 1 is 0.733 bits per heavy atom. The third-order valence-electron chi connectivity index (χ3n) is 11.5. The number of thiophene rings is 1. The second kappa shape index (κ2) is 15.6. The number of hydrogen-bond donors (Lipinski definition) is 0. The molecule has 0 radical (unpaired) electrons. The maximum Gasteiger partial charge on any atom is 2.00 e.